The van der Waals surface area contributed by atoms with Crippen molar-refractivity contribution in [3.8, 4) is 0 Å². The quantitative estimate of drug-likeness (QED) is 0.473. The molecule has 3 rings (SSSR count). The number of rotatable bonds is 6. The smallest absolute Gasteiger partial charge is 0.246 e. The minimum Gasteiger partial charge on any atom is -0.368 e. The van der Waals surface area contributed by atoms with Crippen LogP contribution in [0.3, 0.4) is 0 Å². The molecule has 4 amide bonds. The Morgan fingerprint density at radius 3 is 2.81 bits per heavy atom. The number of carbonyl (C=O) groups is 4. The summed E-state index contributed by atoms with van der Waals surface area (Å²) in [7, 11) is 0. The van der Waals surface area contributed by atoms with Gasteiger partial charge in [0, 0.05) is 31.3 Å². The maximum Gasteiger partial charge on any atom is 0.246 e. The molecule has 0 bridgehead atoms. The van der Waals surface area contributed by atoms with Crippen molar-refractivity contribution in [2.75, 3.05) is 6.54 Å². The number of likely N-dealkylation sites (tertiary alicyclic amines) is 1. The number of imidazole rings is 1. The van der Waals surface area contributed by atoms with Crippen molar-refractivity contribution in [3.05, 3.63) is 18.2 Å². The highest BCUT2D eigenvalue weighted by Crippen LogP contribution is 2.20. The number of amides is 4. The highest BCUT2D eigenvalue weighted by atomic mass is 16.2. The van der Waals surface area contributed by atoms with E-state index >= 15 is 0 Å². The highest BCUT2D eigenvalue weighted by Gasteiger charge is 2.39. The standard InChI is InChI=1S/C17H24N6O4/c1-9-5-13(24)22-14(9)16(26)21-11(6-10-7-19-8-20-10)17(27)23-4-2-3-12(23)15(18)25/h7-9,11-12,14H,2-6H2,1H3,(H2,18,25)(H,19,20)(H,21,26)(H,22,24)/t9-,11-,12-,14-/m0/s1. The molecule has 0 spiro atoms. The lowest BCUT2D eigenvalue weighted by atomic mass is 10.0. The van der Waals surface area contributed by atoms with Gasteiger partial charge in [-0.25, -0.2) is 4.98 Å². The fourth-order valence-electron chi connectivity index (χ4n) is 3.71. The van der Waals surface area contributed by atoms with Crippen molar-refractivity contribution in [2.45, 2.75) is 50.7 Å². The zero-order chi connectivity index (χ0) is 19.6. The molecule has 0 aliphatic carbocycles. The summed E-state index contributed by atoms with van der Waals surface area (Å²) in [6.07, 6.45) is 4.72. The maximum absolute atomic E-state index is 13.1. The van der Waals surface area contributed by atoms with Crippen LogP contribution in [0.25, 0.3) is 0 Å². The number of aromatic nitrogens is 2. The minimum absolute atomic E-state index is 0.162. The van der Waals surface area contributed by atoms with Crippen LogP contribution in [0, 0.1) is 5.92 Å². The molecule has 10 nitrogen and oxygen atoms in total. The van der Waals surface area contributed by atoms with E-state index in [0.717, 1.165) is 0 Å². The summed E-state index contributed by atoms with van der Waals surface area (Å²) in [5.41, 5.74) is 6.09. The first-order valence-corrected chi connectivity index (χ1v) is 9.03. The Morgan fingerprint density at radius 1 is 1.44 bits per heavy atom. The molecule has 0 radical (unpaired) electrons. The van der Waals surface area contributed by atoms with Crippen LogP contribution in [0.1, 0.15) is 31.9 Å². The van der Waals surface area contributed by atoms with Gasteiger partial charge in [-0.15, -0.1) is 0 Å². The van der Waals surface area contributed by atoms with Crippen LogP contribution in [0.15, 0.2) is 12.5 Å². The van der Waals surface area contributed by atoms with Gasteiger partial charge >= 0.3 is 0 Å². The molecule has 2 saturated heterocycles. The molecule has 5 N–H and O–H groups in total. The molecule has 0 saturated carbocycles. The second-order valence-electron chi connectivity index (χ2n) is 7.16. The number of hydrogen-bond acceptors (Lipinski definition) is 5. The van der Waals surface area contributed by atoms with Crippen molar-refractivity contribution in [3.63, 3.8) is 0 Å². The Hall–Kier alpha value is -2.91. The van der Waals surface area contributed by atoms with Crippen molar-refractivity contribution in [1.82, 2.24) is 25.5 Å². The second kappa shape index (κ2) is 7.77. The molecule has 1 aromatic rings. The molecule has 2 aliphatic heterocycles. The average molecular weight is 376 g/mol. The molecule has 10 heteroatoms. The third-order valence-corrected chi connectivity index (χ3v) is 5.13. The van der Waals surface area contributed by atoms with Gasteiger partial charge in [0.1, 0.15) is 18.1 Å². The monoisotopic (exact) mass is 376 g/mol. The lowest BCUT2D eigenvalue weighted by Crippen LogP contribution is -2.56. The summed E-state index contributed by atoms with van der Waals surface area (Å²) < 4.78 is 0. The first-order chi connectivity index (χ1) is 12.9. The van der Waals surface area contributed by atoms with E-state index in [0.29, 0.717) is 25.1 Å². The number of primary amides is 1. The Kier molecular flexibility index (Phi) is 5.43. The largest absolute Gasteiger partial charge is 0.368 e. The van der Waals surface area contributed by atoms with E-state index in [2.05, 4.69) is 20.6 Å². The second-order valence-corrected chi connectivity index (χ2v) is 7.16. The lowest BCUT2D eigenvalue weighted by Gasteiger charge is -2.28. The normalized spacial score (nSPS) is 25.9. The van der Waals surface area contributed by atoms with Gasteiger partial charge in [0.25, 0.3) is 0 Å². The minimum atomic E-state index is -0.886. The van der Waals surface area contributed by atoms with Crippen molar-refractivity contribution in [1.29, 1.82) is 0 Å². The summed E-state index contributed by atoms with van der Waals surface area (Å²) in [6.45, 7) is 2.22. The molecule has 27 heavy (non-hydrogen) atoms. The third-order valence-electron chi connectivity index (χ3n) is 5.13. The molecule has 1 aromatic heterocycles. The van der Waals surface area contributed by atoms with E-state index in [1.165, 1.54) is 11.2 Å². The number of hydrogen-bond donors (Lipinski definition) is 4. The van der Waals surface area contributed by atoms with E-state index in [4.69, 9.17) is 5.73 Å². The van der Waals surface area contributed by atoms with Gasteiger partial charge in [-0.3, -0.25) is 19.2 Å². The van der Waals surface area contributed by atoms with Crippen molar-refractivity contribution >= 4 is 23.6 Å². The summed E-state index contributed by atoms with van der Waals surface area (Å²) in [6, 6.07) is -2.23. The van der Waals surface area contributed by atoms with Crippen molar-refractivity contribution in [2.24, 2.45) is 11.7 Å². The van der Waals surface area contributed by atoms with E-state index in [1.807, 2.05) is 0 Å². The van der Waals surface area contributed by atoms with Crippen LogP contribution < -0.4 is 16.4 Å². The number of nitrogens with one attached hydrogen (secondary N) is 3. The van der Waals surface area contributed by atoms with Gasteiger partial charge in [-0.1, -0.05) is 6.92 Å². The van der Waals surface area contributed by atoms with Crippen molar-refractivity contribution < 1.29 is 19.2 Å². The van der Waals surface area contributed by atoms with Crippen LogP contribution in [0.5, 0.6) is 0 Å². The number of nitrogens with zero attached hydrogens (tertiary/aromatic N) is 2. The van der Waals surface area contributed by atoms with Gasteiger partial charge in [0.2, 0.25) is 23.6 Å². The SMILES string of the molecule is C[C@H]1CC(=O)N[C@@H]1C(=O)N[C@@H](Cc1cnc[nH]1)C(=O)N1CCC[C@H]1C(N)=O. The lowest BCUT2D eigenvalue weighted by molar-refractivity contribution is -0.141. The fourth-order valence-corrected chi connectivity index (χ4v) is 3.71. The molecule has 3 heterocycles. The molecular formula is C17H24N6O4. The molecule has 0 unspecified atom stereocenters. The van der Waals surface area contributed by atoms with Crippen LogP contribution in [0.2, 0.25) is 0 Å². The topological polar surface area (TPSA) is 150 Å². The molecule has 4 atom stereocenters. The first kappa shape index (κ1) is 18.9. The first-order valence-electron chi connectivity index (χ1n) is 9.03. The number of H-pyrrole nitrogens is 1. The van der Waals surface area contributed by atoms with Gasteiger partial charge in [0.15, 0.2) is 0 Å². The Bertz CT molecular complexity index is 734. The van der Waals surface area contributed by atoms with Crippen LogP contribution in [-0.2, 0) is 25.6 Å². The Balaban J connectivity index is 1.76. The predicted octanol–water partition coefficient (Wildman–Crippen LogP) is -1.56. The van der Waals surface area contributed by atoms with E-state index in [9.17, 15) is 19.2 Å². The molecule has 2 fully saturated rings. The van der Waals surface area contributed by atoms with Gasteiger partial charge in [-0.2, -0.15) is 0 Å². The summed E-state index contributed by atoms with van der Waals surface area (Å²) in [5.74, 6) is -1.68. The number of aromatic amines is 1. The highest BCUT2D eigenvalue weighted by molar-refractivity contribution is 5.95. The van der Waals surface area contributed by atoms with Crippen LogP contribution in [-0.4, -0.2) is 63.2 Å². The molecule has 146 valence electrons. The molecule has 0 aromatic carbocycles. The van der Waals surface area contributed by atoms with Crippen LogP contribution >= 0.6 is 0 Å². The number of carbonyl (C=O) groups excluding carboxylic acids is 4. The molecular weight excluding hydrogens is 352 g/mol. The van der Waals surface area contributed by atoms with E-state index in [-0.39, 0.29) is 30.6 Å². The summed E-state index contributed by atoms with van der Waals surface area (Å²) >= 11 is 0. The third kappa shape index (κ3) is 4.09. The summed E-state index contributed by atoms with van der Waals surface area (Å²) in [5, 5.41) is 5.37. The number of nitrogens with two attached hydrogens (primary N) is 1. The van der Waals surface area contributed by atoms with E-state index < -0.39 is 29.9 Å². The fraction of sp³-hybridized carbons (Fsp3) is 0.588. The van der Waals surface area contributed by atoms with Gasteiger partial charge in [0.05, 0.1) is 6.33 Å². The summed E-state index contributed by atoms with van der Waals surface area (Å²) in [4.78, 5) is 57.2. The van der Waals surface area contributed by atoms with E-state index in [1.54, 1.807) is 13.1 Å². The Labute approximate surface area is 156 Å². The maximum atomic E-state index is 13.1. The molecule has 2 aliphatic rings. The van der Waals surface area contributed by atoms with Gasteiger partial charge < -0.3 is 26.3 Å². The predicted molar refractivity (Wildman–Crippen MR) is 93.9 cm³/mol. The Morgan fingerprint density at radius 2 is 2.22 bits per heavy atom. The van der Waals surface area contributed by atoms with Gasteiger partial charge in [-0.05, 0) is 18.8 Å². The zero-order valence-corrected chi connectivity index (χ0v) is 15.1. The van der Waals surface area contributed by atoms with Crippen LogP contribution in [0.4, 0.5) is 0 Å². The average Bonchev–Trinajstić information content (AvgIpc) is 3.34. The zero-order valence-electron chi connectivity index (χ0n) is 15.1.